The molecule has 4 nitrogen and oxygen atoms in total. The van der Waals surface area contributed by atoms with Crippen LogP contribution in [0.5, 0.6) is 5.75 Å². The summed E-state index contributed by atoms with van der Waals surface area (Å²) in [4.78, 5) is 6.83. The van der Waals surface area contributed by atoms with Gasteiger partial charge in [-0.1, -0.05) is 12.1 Å². The van der Waals surface area contributed by atoms with Crippen LogP contribution in [0.4, 0.5) is 0 Å². The highest BCUT2D eigenvalue weighted by Gasteiger charge is 2.12. The van der Waals surface area contributed by atoms with Gasteiger partial charge < -0.3 is 9.84 Å². The van der Waals surface area contributed by atoms with Crippen molar-refractivity contribution in [3.8, 4) is 5.75 Å². The molecular formula is C16H20N2O2. The van der Waals surface area contributed by atoms with Crippen molar-refractivity contribution in [3.05, 3.63) is 36.0 Å². The fourth-order valence-corrected chi connectivity index (χ4v) is 2.69. The minimum Gasteiger partial charge on any atom is -0.491 e. The third-order valence-electron chi connectivity index (χ3n) is 3.76. The molecule has 3 rings (SSSR count). The number of fused-ring (bicyclic) bond motifs is 1. The molecule has 0 atom stereocenters. The van der Waals surface area contributed by atoms with E-state index in [0.717, 1.165) is 23.2 Å². The summed E-state index contributed by atoms with van der Waals surface area (Å²) in [6.45, 7) is 3.95. The van der Waals surface area contributed by atoms with E-state index in [1.54, 1.807) is 0 Å². The van der Waals surface area contributed by atoms with Crippen LogP contribution in [-0.2, 0) is 6.61 Å². The zero-order valence-electron chi connectivity index (χ0n) is 11.6. The first-order valence-electron chi connectivity index (χ1n) is 7.21. The minimum atomic E-state index is -0.0622. The van der Waals surface area contributed by atoms with Crippen molar-refractivity contribution in [2.24, 2.45) is 0 Å². The van der Waals surface area contributed by atoms with Crippen LogP contribution in [0, 0.1) is 0 Å². The number of aromatic nitrogens is 1. The van der Waals surface area contributed by atoms with E-state index in [0.29, 0.717) is 12.3 Å². The van der Waals surface area contributed by atoms with Gasteiger partial charge >= 0.3 is 0 Å². The standard InChI is InChI=1S/C16H20N2O2/c19-12-13-11-16(14-5-1-2-6-15(14)17-13)20-10-9-18-7-3-4-8-18/h1-2,5-6,11,19H,3-4,7-10,12H2. The maximum absolute atomic E-state index is 9.29. The Morgan fingerprint density at radius 2 is 2.00 bits per heavy atom. The highest BCUT2D eigenvalue weighted by molar-refractivity contribution is 5.85. The summed E-state index contributed by atoms with van der Waals surface area (Å²) in [7, 11) is 0. The van der Waals surface area contributed by atoms with Crippen LogP contribution in [0.15, 0.2) is 30.3 Å². The molecule has 0 bridgehead atoms. The molecule has 2 heterocycles. The van der Waals surface area contributed by atoms with Gasteiger partial charge in [0.05, 0.1) is 17.8 Å². The van der Waals surface area contributed by atoms with E-state index in [1.807, 2.05) is 30.3 Å². The molecule has 1 aromatic heterocycles. The van der Waals surface area contributed by atoms with Gasteiger partial charge in [-0.2, -0.15) is 0 Å². The first kappa shape index (κ1) is 13.3. The molecule has 1 fully saturated rings. The van der Waals surface area contributed by atoms with Crippen LogP contribution in [0.3, 0.4) is 0 Å². The Morgan fingerprint density at radius 1 is 1.20 bits per heavy atom. The molecular weight excluding hydrogens is 252 g/mol. The molecule has 1 aliphatic rings. The van der Waals surface area contributed by atoms with Gasteiger partial charge in [0.1, 0.15) is 12.4 Å². The summed E-state index contributed by atoms with van der Waals surface area (Å²) < 4.78 is 5.93. The zero-order chi connectivity index (χ0) is 13.8. The number of nitrogens with zero attached hydrogens (tertiary/aromatic N) is 2. The van der Waals surface area contributed by atoms with Gasteiger partial charge in [-0.3, -0.25) is 9.88 Å². The fraction of sp³-hybridized carbons (Fsp3) is 0.438. The number of pyridine rings is 1. The number of aliphatic hydroxyl groups is 1. The second kappa shape index (κ2) is 6.20. The van der Waals surface area contributed by atoms with Gasteiger partial charge in [0.2, 0.25) is 0 Å². The molecule has 1 aromatic carbocycles. The molecule has 20 heavy (non-hydrogen) atoms. The molecule has 2 aromatic rings. The average Bonchev–Trinajstić information content (AvgIpc) is 3.00. The number of hydrogen-bond donors (Lipinski definition) is 1. The first-order valence-corrected chi connectivity index (χ1v) is 7.21. The van der Waals surface area contributed by atoms with Crippen LogP contribution in [0.25, 0.3) is 10.9 Å². The molecule has 0 unspecified atom stereocenters. The second-order valence-corrected chi connectivity index (χ2v) is 5.18. The van der Waals surface area contributed by atoms with Crippen molar-refractivity contribution in [1.82, 2.24) is 9.88 Å². The summed E-state index contributed by atoms with van der Waals surface area (Å²) in [5.74, 6) is 0.818. The van der Waals surface area contributed by atoms with Crippen molar-refractivity contribution in [3.63, 3.8) is 0 Å². The smallest absolute Gasteiger partial charge is 0.130 e. The molecule has 4 heteroatoms. The van der Waals surface area contributed by atoms with Crippen molar-refractivity contribution < 1.29 is 9.84 Å². The summed E-state index contributed by atoms with van der Waals surface area (Å²) in [5, 5.41) is 10.3. The van der Waals surface area contributed by atoms with Crippen LogP contribution in [0.1, 0.15) is 18.5 Å². The highest BCUT2D eigenvalue weighted by Crippen LogP contribution is 2.25. The molecule has 0 aliphatic carbocycles. The summed E-state index contributed by atoms with van der Waals surface area (Å²) in [6.07, 6.45) is 2.60. The summed E-state index contributed by atoms with van der Waals surface area (Å²) in [6, 6.07) is 9.73. The predicted molar refractivity (Wildman–Crippen MR) is 78.8 cm³/mol. The van der Waals surface area contributed by atoms with E-state index in [9.17, 15) is 5.11 Å². The molecule has 0 spiro atoms. The lowest BCUT2D eigenvalue weighted by Gasteiger charge is -2.16. The van der Waals surface area contributed by atoms with Crippen molar-refractivity contribution in [2.75, 3.05) is 26.2 Å². The minimum absolute atomic E-state index is 0.0622. The van der Waals surface area contributed by atoms with E-state index in [1.165, 1.54) is 25.9 Å². The maximum atomic E-state index is 9.29. The van der Waals surface area contributed by atoms with Crippen molar-refractivity contribution in [1.29, 1.82) is 0 Å². The highest BCUT2D eigenvalue weighted by atomic mass is 16.5. The Hall–Kier alpha value is -1.65. The number of benzene rings is 1. The fourth-order valence-electron chi connectivity index (χ4n) is 2.69. The lowest BCUT2D eigenvalue weighted by atomic mass is 10.2. The average molecular weight is 272 g/mol. The quantitative estimate of drug-likeness (QED) is 0.906. The Kier molecular flexibility index (Phi) is 4.14. The molecule has 1 saturated heterocycles. The van der Waals surface area contributed by atoms with Gasteiger partial charge in [-0.25, -0.2) is 0 Å². The normalized spacial score (nSPS) is 15.8. The number of hydrogen-bond acceptors (Lipinski definition) is 4. The molecule has 1 aliphatic heterocycles. The van der Waals surface area contributed by atoms with E-state index in [4.69, 9.17) is 4.74 Å². The van der Waals surface area contributed by atoms with Crippen molar-refractivity contribution in [2.45, 2.75) is 19.4 Å². The number of aliphatic hydroxyl groups excluding tert-OH is 1. The third kappa shape index (κ3) is 2.92. The van der Waals surface area contributed by atoms with E-state index >= 15 is 0 Å². The van der Waals surface area contributed by atoms with Crippen LogP contribution in [0.2, 0.25) is 0 Å². The SMILES string of the molecule is OCc1cc(OCCN2CCCC2)c2ccccc2n1. The number of rotatable bonds is 5. The molecule has 1 N–H and O–H groups in total. The molecule has 0 radical (unpaired) electrons. The topological polar surface area (TPSA) is 45.6 Å². The largest absolute Gasteiger partial charge is 0.491 e. The summed E-state index contributed by atoms with van der Waals surface area (Å²) in [5.41, 5.74) is 1.52. The Morgan fingerprint density at radius 3 is 2.80 bits per heavy atom. The third-order valence-corrected chi connectivity index (χ3v) is 3.76. The Labute approximate surface area is 119 Å². The predicted octanol–water partition coefficient (Wildman–Crippen LogP) is 2.20. The van der Waals surface area contributed by atoms with E-state index in [2.05, 4.69) is 9.88 Å². The van der Waals surface area contributed by atoms with E-state index < -0.39 is 0 Å². The Bertz CT molecular complexity index is 580. The first-order chi connectivity index (χ1) is 9.86. The second-order valence-electron chi connectivity index (χ2n) is 5.18. The monoisotopic (exact) mass is 272 g/mol. The lowest BCUT2D eigenvalue weighted by Crippen LogP contribution is -2.25. The molecule has 0 saturated carbocycles. The van der Waals surface area contributed by atoms with Crippen LogP contribution < -0.4 is 4.74 Å². The van der Waals surface area contributed by atoms with Crippen molar-refractivity contribution >= 4 is 10.9 Å². The van der Waals surface area contributed by atoms with Gasteiger partial charge in [0.15, 0.2) is 0 Å². The maximum Gasteiger partial charge on any atom is 0.130 e. The van der Waals surface area contributed by atoms with Gasteiger partial charge in [-0.15, -0.1) is 0 Å². The number of ether oxygens (including phenoxy) is 1. The number of para-hydroxylation sites is 1. The summed E-state index contributed by atoms with van der Waals surface area (Å²) >= 11 is 0. The van der Waals surface area contributed by atoms with Crippen LogP contribution in [-0.4, -0.2) is 41.2 Å². The lowest BCUT2D eigenvalue weighted by molar-refractivity contribution is 0.238. The van der Waals surface area contributed by atoms with Gasteiger partial charge in [0.25, 0.3) is 0 Å². The van der Waals surface area contributed by atoms with Gasteiger partial charge in [0, 0.05) is 18.0 Å². The molecule has 106 valence electrons. The number of likely N-dealkylation sites (tertiary alicyclic amines) is 1. The van der Waals surface area contributed by atoms with Gasteiger partial charge in [-0.05, 0) is 38.1 Å². The molecule has 0 amide bonds. The van der Waals surface area contributed by atoms with Crippen LogP contribution >= 0.6 is 0 Å². The Balaban J connectivity index is 1.75. The zero-order valence-corrected chi connectivity index (χ0v) is 11.6. The van der Waals surface area contributed by atoms with E-state index in [-0.39, 0.29) is 6.61 Å².